The summed E-state index contributed by atoms with van der Waals surface area (Å²) >= 11 is 0. The Bertz CT molecular complexity index is 673. The van der Waals surface area contributed by atoms with Crippen LogP contribution in [0.2, 0.25) is 0 Å². The Kier molecular flexibility index (Phi) is 12.2. The van der Waals surface area contributed by atoms with Crippen LogP contribution in [0.15, 0.2) is 28.8 Å². The number of hydrogen-bond acceptors (Lipinski definition) is 5. The molecule has 0 saturated carbocycles. The first kappa shape index (κ1) is 24.1. The monoisotopic (exact) mass is 408 g/mol. The van der Waals surface area contributed by atoms with E-state index in [1.807, 2.05) is 12.1 Å². The van der Waals surface area contributed by atoms with Gasteiger partial charge in [0.25, 0.3) is 0 Å². The molecule has 6 nitrogen and oxygen atoms in total. The molecule has 2 aromatic rings. The Hall–Kier alpha value is -1.92. The lowest BCUT2D eigenvalue weighted by atomic mass is 10.0. The standard InChI is InChI=1S/C21H32N4O2.ClH/c1-2-3-4-5-6-7-8-9-10-17-11-13-18(14-12-17)21-24-20(27-25-21)16-23-19(26)15-22;/h11-14H,2-10,15-16,22H2,1H3,(H,23,26);1H. The second-order valence-corrected chi connectivity index (χ2v) is 6.91. The fourth-order valence-corrected chi connectivity index (χ4v) is 2.97. The molecule has 0 unspecified atom stereocenters. The largest absolute Gasteiger partial charge is 0.346 e. The number of carbonyl (C=O) groups excluding carboxylic acids is 1. The Labute approximate surface area is 174 Å². The quantitative estimate of drug-likeness (QED) is 0.478. The molecule has 0 aliphatic carbocycles. The smallest absolute Gasteiger partial charge is 0.246 e. The molecule has 1 aromatic carbocycles. The number of amides is 1. The number of unbranched alkanes of at least 4 members (excludes halogenated alkanes) is 7. The summed E-state index contributed by atoms with van der Waals surface area (Å²) in [6.45, 7) is 2.40. The predicted octanol–water partition coefficient (Wildman–Crippen LogP) is 4.42. The Morgan fingerprint density at radius 2 is 1.68 bits per heavy atom. The molecule has 1 aromatic heterocycles. The summed E-state index contributed by atoms with van der Waals surface area (Å²) in [6.07, 6.45) is 11.8. The number of aryl methyl sites for hydroxylation is 1. The van der Waals surface area contributed by atoms with E-state index in [1.165, 1.54) is 56.9 Å². The fourth-order valence-electron chi connectivity index (χ4n) is 2.97. The van der Waals surface area contributed by atoms with Gasteiger partial charge in [-0.25, -0.2) is 0 Å². The van der Waals surface area contributed by atoms with Crippen LogP contribution >= 0.6 is 12.4 Å². The number of nitrogens with zero attached hydrogens (tertiary/aromatic N) is 2. The zero-order valence-corrected chi connectivity index (χ0v) is 17.6. The molecule has 0 aliphatic rings. The maximum Gasteiger partial charge on any atom is 0.246 e. The van der Waals surface area contributed by atoms with Crippen molar-refractivity contribution in [2.24, 2.45) is 5.73 Å². The third-order valence-corrected chi connectivity index (χ3v) is 4.62. The van der Waals surface area contributed by atoms with E-state index in [4.69, 9.17) is 10.3 Å². The third-order valence-electron chi connectivity index (χ3n) is 4.62. The number of aromatic nitrogens is 2. The van der Waals surface area contributed by atoms with E-state index in [9.17, 15) is 4.79 Å². The van der Waals surface area contributed by atoms with Crippen molar-refractivity contribution in [1.82, 2.24) is 15.5 Å². The Balaban J connectivity index is 0.00000392. The summed E-state index contributed by atoms with van der Waals surface area (Å²) in [7, 11) is 0. The van der Waals surface area contributed by atoms with Crippen molar-refractivity contribution < 1.29 is 9.32 Å². The highest BCUT2D eigenvalue weighted by atomic mass is 35.5. The number of nitrogens with one attached hydrogen (secondary N) is 1. The summed E-state index contributed by atoms with van der Waals surface area (Å²) in [5, 5.41) is 6.58. The molecule has 1 amide bonds. The van der Waals surface area contributed by atoms with Crippen LogP contribution in [-0.2, 0) is 17.8 Å². The number of rotatable bonds is 13. The maximum absolute atomic E-state index is 11.2. The summed E-state index contributed by atoms with van der Waals surface area (Å²) < 4.78 is 5.15. The van der Waals surface area contributed by atoms with Gasteiger partial charge in [0.15, 0.2) is 0 Å². The zero-order chi connectivity index (χ0) is 19.3. The predicted molar refractivity (Wildman–Crippen MR) is 114 cm³/mol. The third kappa shape index (κ3) is 8.85. The summed E-state index contributed by atoms with van der Waals surface area (Å²) in [5.41, 5.74) is 7.49. The van der Waals surface area contributed by atoms with Crippen LogP contribution in [-0.4, -0.2) is 22.6 Å². The van der Waals surface area contributed by atoms with Gasteiger partial charge in [-0.1, -0.05) is 81.3 Å². The Morgan fingerprint density at radius 1 is 1.04 bits per heavy atom. The van der Waals surface area contributed by atoms with Crippen molar-refractivity contribution in [2.45, 2.75) is 71.3 Å². The molecule has 0 atom stereocenters. The molecule has 2 rings (SSSR count). The van der Waals surface area contributed by atoms with Gasteiger partial charge in [0.2, 0.25) is 17.6 Å². The van der Waals surface area contributed by atoms with Gasteiger partial charge in [-0.3, -0.25) is 4.79 Å². The second-order valence-electron chi connectivity index (χ2n) is 6.91. The minimum absolute atomic E-state index is 0. The van der Waals surface area contributed by atoms with Crippen LogP contribution in [0.4, 0.5) is 0 Å². The van der Waals surface area contributed by atoms with Crippen molar-refractivity contribution in [3.8, 4) is 11.4 Å². The van der Waals surface area contributed by atoms with Crippen LogP contribution in [0.1, 0.15) is 69.7 Å². The SMILES string of the molecule is CCCCCCCCCCc1ccc(-c2noc(CNC(=O)CN)n2)cc1.Cl. The van der Waals surface area contributed by atoms with E-state index in [0.29, 0.717) is 11.7 Å². The number of hydrogen-bond donors (Lipinski definition) is 2. The lowest BCUT2D eigenvalue weighted by Crippen LogP contribution is -2.29. The van der Waals surface area contributed by atoms with E-state index in [2.05, 4.69) is 34.5 Å². The van der Waals surface area contributed by atoms with E-state index in [-0.39, 0.29) is 31.4 Å². The fraction of sp³-hybridized carbons (Fsp3) is 0.571. The molecule has 0 aliphatic heterocycles. The van der Waals surface area contributed by atoms with E-state index in [1.54, 1.807) is 0 Å². The molecular weight excluding hydrogens is 376 g/mol. The van der Waals surface area contributed by atoms with Crippen LogP contribution in [0, 0.1) is 0 Å². The number of benzene rings is 1. The van der Waals surface area contributed by atoms with E-state index >= 15 is 0 Å². The zero-order valence-electron chi connectivity index (χ0n) is 16.8. The molecule has 0 saturated heterocycles. The lowest BCUT2D eigenvalue weighted by molar-refractivity contribution is -0.120. The van der Waals surface area contributed by atoms with Crippen molar-refractivity contribution in [1.29, 1.82) is 0 Å². The van der Waals surface area contributed by atoms with Crippen LogP contribution in [0.3, 0.4) is 0 Å². The van der Waals surface area contributed by atoms with Crippen molar-refractivity contribution in [3.05, 3.63) is 35.7 Å². The molecule has 7 heteroatoms. The number of carbonyl (C=O) groups is 1. The van der Waals surface area contributed by atoms with Gasteiger partial charge < -0.3 is 15.6 Å². The van der Waals surface area contributed by atoms with E-state index in [0.717, 1.165) is 12.0 Å². The number of halogens is 1. The van der Waals surface area contributed by atoms with Gasteiger partial charge in [-0.15, -0.1) is 12.4 Å². The van der Waals surface area contributed by atoms with Crippen molar-refractivity contribution >= 4 is 18.3 Å². The average molecular weight is 409 g/mol. The molecular formula is C21H33ClN4O2. The Morgan fingerprint density at radius 3 is 2.32 bits per heavy atom. The van der Waals surface area contributed by atoms with Gasteiger partial charge in [-0.05, 0) is 18.4 Å². The first-order chi connectivity index (χ1) is 13.2. The van der Waals surface area contributed by atoms with Gasteiger partial charge >= 0.3 is 0 Å². The highest BCUT2D eigenvalue weighted by Crippen LogP contribution is 2.18. The molecule has 0 bridgehead atoms. The second kappa shape index (κ2) is 14.1. The van der Waals surface area contributed by atoms with Crippen LogP contribution < -0.4 is 11.1 Å². The van der Waals surface area contributed by atoms with Gasteiger partial charge in [0, 0.05) is 5.56 Å². The van der Waals surface area contributed by atoms with Crippen molar-refractivity contribution in [2.75, 3.05) is 6.54 Å². The summed E-state index contributed by atoms with van der Waals surface area (Å²) in [4.78, 5) is 15.5. The molecule has 0 spiro atoms. The molecule has 3 N–H and O–H groups in total. The first-order valence-corrected chi connectivity index (χ1v) is 10.1. The summed E-state index contributed by atoms with van der Waals surface area (Å²) in [6, 6.07) is 8.30. The van der Waals surface area contributed by atoms with Crippen LogP contribution in [0.25, 0.3) is 11.4 Å². The average Bonchev–Trinajstić information content (AvgIpc) is 3.17. The molecule has 0 fully saturated rings. The minimum atomic E-state index is -0.250. The van der Waals surface area contributed by atoms with Gasteiger partial charge in [0.1, 0.15) is 0 Å². The lowest BCUT2D eigenvalue weighted by Gasteiger charge is -2.03. The van der Waals surface area contributed by atoms with Gasteiger partial charge in [0.05, 0.1) is 13.1 Å². The molecule has 156 valence electrons. The molecule has 1 heterocycles. The number of nitrogens with two attached hydrogens (primary N) is 1. The normalized spacial score (nSPS) is 10.5. The minimum Gasteiger partial charge on any atom is -0.346 e. The highest BCUT2D eigenvalue weighted by Gasteiger charge is 2.09. The topological polar surface area (TPSA) is 94.0 Å². The maximum atomic E-state index is 11.2. The van der Waals surface area contributed by atoms with E-state index < -0.39 is 0 Å². The van der Waals surface area contributed by atoms with Crippen molar-refractivity contribution in [3.63, 3.8) is 0 Å². The van der Waals surface area contributed by atoms with Gasteiger partial charge in [-0.2, -0.15) is 4.98 Å². The van der Waals surface area contributed by atoms with Crippen LogP contribution in [0.5, 0.6) is 0 Å². The summed E-state index contributed by atoms with van der Waals surface area (Å²) in [5.74, 6) is 0.653. The first-order valence-electron chi connectivity index (χ1n) is 10.1. The highest BCUT2D eigenvalue weighted by molar-refractivity contribution is 5.85. The molecule has 28 heavy (non-hydrogen) atoms. The molecule has 0 radical (unpaired) electrons.